The summed E-state index contributed by atoms with van der Waals surface area (Å²) in [6, 6.07) is 7.47. The standard InChI is InChI=1S/C17H21N5O2/c1-18-17(24)13-3-2-4-15(19-13)21-7-8-22-12(10-21)9-14(20-22)16(23)11-5-6-11/h2-4,9,11,16,23H,5-8,10H2,1H3,(H,18,24)/t16-/m1/s1. The first-order valence-electron chi connectivity index (χ1n) is 8.34. The van der Waals surface area contributed by atoms with Crippen LogP contribution in [-0.4, -0.2) is 39.4 Å². The summed E-state index contributed by atoms with van der Waals surface area (Å²) in [5.74, 6) is 0.977. The zero-order valence-corrected chi connectivity index (χ0v) is 13.6. The van der Waals surface area contributed by atoms with E-state index in [2.05, 4.69) is 20.3 Å². The van der Waals surface area contributed by atoms with Gasteiger partial charge in [-0.05, 0) is 37.0 Å². The van der Waals surface area contributed by atoms with Crippen molar-refractivity contribution in [2.24, 2.45) is 5.92 Å². The van der Waals surface area contributed by atoms with Gasteiger partial charge < -0.3 is 15.3 Å². The molecule has 1 amide bonds. The fourth-order valence-corrected chi connectivity index (χ4v) is 3.14. The van der Waals surface area contributed by atoms with E-state index in [-0.39, 0.29) is 5.91 Å². The molecule has 1 aliphatic carbocycles. The summed E-state index contributed by atoms with van der Waals surface area (Å²) in [7, 11) is 1.60. The first-order valence-corrected chi connectivity index (χ1v) is 8.34. The van der Waals surface area contributed by atoms with E-state index in [9.17, 15) is 9.90 Å². The summed E-state index contributed by atoms with van der Waals surface area (Å²) in [5.41, 5.74) is 2.27. The van der Waals surface area contributed by atoms with Gasteiger partial charge in [0.2, 0.25) is 0 Å². The predicted octanol–water partition coefficient (Wildman–Crippen LogP) is 1.10. The molecule has 7 nitrogen and oxygen atoms in total. The topological polar surface area (TPSA) is 83.3 Å². The molecule has 0 aromatic carbocycles. The number of fused-ring (bicyclic) bond motifs is 1. The monoisotopic (exact) mass is 327 g/mol. The fourth-order valence-electron chi connectivity index (χ4n) is 3.14. The lowest BCUT2D eigenvalue weighted by atomic mass is 10.1. The van der Waals surface area contributed by atoms with Crippen LogP contribution in [0.15, 0.2) is 24.3 Å². The van der Waals surface area contributed by atoms with Crippen LogP contribution in [0.25, 0.3) is 0 Å². The first kappa shape index (κ1) is 15.1. The lowest BCUT2D eigenvalue weighted by molar-refractivity contribution is 0.0958. The Hall–Kier alpha value is -2.41. The van der Waals surface area contributed by atoms with Crippen molar-refractivity contribution in [2.75, 3.05) is 18.5 Å². The molecular formula is C17H21N5O2. The first-order chi connectivity index (χ1) is 11.7. The van der Waals surface area contributed by atoms with Crippen molar-refractivity contribution in [1.29, 1.82) is 0 Å². The quantitative estimate of drug-likeness (QED) is 0.879. The Morgan fingerprint density at radius 2 is 2.21 bits per heavy atom. The lowest BCUT2D eigenvalue weighted by Crippen LogP contribution is -2.34. The molecule has 3 heterocycles. The van der Waals surface area contributed by atoms with E-state index in [1.165, 1.54) is 0 Å². The second-order valence-corrected chi connectivity index (χ2v) is 6.45. The van der Waals surface area contributed by atoms with Crippen LogP contribution in [0, 0.1) is 5.92 Å². The van der Waals surface area contributed by atoms with Crippen molar-refractivity contribution >= 4 is 11.7 Å². The number of nitrogens with one attached hydrogen (secondary N) is 1. The van der Waals surface area contributed by atoms with Gasteiger partial charge in [0.05, 0.1) is 24.5 Å². The van der Waals surface area contributed by atoms with Crippen molar-refractivity contribution in [2.45, 2.75) is 32.0 Å². The highest BCUT2D eigenvalue weighted by atomic mass is 16.3. The number of hydrogen-bond acceptors (Lipinski definition) is 5. The molecule has 2 N–H and O–H groups in total. The third kappa shape index (κ3) is 2.75. The van der Waals surface area contributed by atoms with E-state index < -0.39 is 6.10 Å². The van der Waals surface area contributed by atoms with Crippen molar-refractivity contribution in [3.63, 3.8) is 0 Å². The van der Waals surface area contributed by atoms with Crippen LogP contribution in [0.1, 0.15) is 40.8 Å². The van der Waals surface area contributed by atoms with E-state index in [0.29, 0.717) is 18.2 Å². The Morgan fingerprint density at radius 1 is 1.38 bits per heavy atom. The summed E-state index contributed by atoms with van der Waals surface area (Å²) in [6.45, 7) is 2.20. The maximum atomic E-state index is 11.8. The number of carbonyl (C=O) groups is 1. The highest BCUT2D eigenvalue weighted by Gasteiger charge is 2.33. The third-order valence-electron chi connectivity index (χ3n) is 4.71. The number of aliphatic hydroxyl groups excluding tert-OH is 1. The highest BCUT2D eigenvalue weighted by molar-refractivity contribution is 5.92. The minimum atomic E-state index is -0.439. The maximum absolute atomic E-state index is 11.8. The zero-order valence-electron chi connectivity index (χ0n) is 13.6. The molecule has 126 valence electrons. The number of aromatic nitrogens is 3. The van der Waals surface area contributed by atoms with Crippen molar-refractivity contribution in [3.8, 4) is 0 Å². The Morgan fingerprint density at radius 3 is 2.96 bits per heavy atom. The van der Waals surface area contributed by atoms with Crippen LogP contribution >= 0.6 is 0 Å². The molecule has 1 atom stereocenters. The van der Waals surface area contributed by atoms with E-state index in [0.717, 1.165) is 43.1 Å². The largest absolute Gasteiger partial charge is 0.386 e. The predicted molar refractivity (Wildman–Crippen MR) is 88.6 cm³/mol. The number of anilines is 1. The van der Waals surface area contributed by atoms with Crippen LogP contribution in [0.4, 0.5) is 5.82 Å². The van der Waals surface area contributed by atoms with Crippen LogP contribution < -0.4 is 10.2 Å². The number of carbonyl (C=O) groups excluding carboxylic acids is 1. The number of aliphatic hydroxyl groups is 1. The normalized spacial score (nSPS) is 18.2. The van der Waals surface area contributed by atoms with Gasteiger partial charge in [0, 0.05) is 13.6 Å². The second-order valence-electron chi connectivity index (χ2n) is 6.45. The Balaban J connectivity index is 1.54. The molecule has 4 rings (SSSR count). The van der Waals surface area contributed by atoms with Crippen LogP contribution in [0.3, 0.4) is 0 Å². The molecule has 0 radical (unpaired) electrons. The molecule has 7 heteroatoms. The molecule has 1 saturated carbocycles. The molecular weight excluding hydrogens is 306 g/mol. The van der Waals surface area contributed by atoms with Gasteiger partial charge in [-0.15, -0.1) is 0 Å². The van der Waals surface area contributed by atoms with Crippen LogP contribution in [-0.2, 0) is 13.1 Å². The molecule has 2 aromatic heterocycles. The summed E-state index contributed by atoms with van der Waals surface area (Å²) >= 11 is 0. The average Bonchev–Trinajstić information content (AvgIpc) is 3.38. The van der Waals surface area contributed by atoms with Crippen LogP contribution in [0.5, 0.6) is 0 Å². The van der Waals surface area contributed by atoms with Gasteiger partial charge in [0.15, 0.2) is 0 Å². The smallest absolute Gasteiger partial charge is 0.269 e. The number of rotatable bonds is 4. The van der Waals surface area contributed by atoms with Crippen LogP contribution in [0.2, 0.25) is 0 Å². The highest BCUT2D eigenvalue weighted by Crippen LogP contribution is 2.40. The minimum Gasteiger partial charge on any atom is -0.386 e. The minimum absolute atomic E-state index is 0.186. The SMILES string of the molecule is CNC(=O)c1cccc(N2CCn3nc([C@H](O)C4CC4)cc3C2)n1. The lowest BCUT2D eigenvalue weighted by Gasteiger charge is -2.28. The molecule has 2 aliphatic rings. The van der Waals surface area contributed by atoms with Crippen molar-refractivity contribution < 1.29 is 9.90 Å². The van der Waals surface area contributed by atoms with E-state index in [1.54, 1.807) is 13.1 Å². The fraction of sp³-hybridized carbons (Fsp3) is 0.471. The summed E-state index contributed by atoms with van der Waals surface area (Å²) in [4.78, 5) is 18.4. The number of pyridine rings is 1. The van der Waals surface area contributed by atoms with Crippen molar-refractivity contribution in [3.05, 3.63) is 41.3 Å². The van der Waals surface area contributed by atoms with E-state index >= 15 is 0 Å². The van der Waals surface area contributed by atoms with Gasteiger partial charge in [-0.1, -0.05) is 6.07 Å². The molecule has 2 aromatic rings. The van der Waals surface area contributed by atoms with Gasteiger partial charge in [-0.3, -0.25) is 9.48 Å². The Labute approximate surface area is 140 Å². The average molecular weight is 327 g/mol. The van der Waals surface area contributed by atoms with Gasteiger partial charge in [-0.25, -0.2) is 4.98 Å². The number of amides is 1. The number of hydrogen-bond donors (Lipinski definition) is 2. The molecule has 1 fully saturated rings. The molecule has 24 heavy (non-hydrogen) atoms. The summed E-state index contributed by atoms with van der Waals surface area (Å²) in [5, 5.41) is 17.4. The molecule has 1 aliphatic heterocycles. The van der Waals surface area contributed by atoms with Gasteiger partial charge >= 0.3 is 0 Å². The maximum Gasteiger partial charge on any atom is 0.269 e. The molecule has 0 bridgehead atoms. The van der Waals surface area contributed by atoms with Gasteiger partial charge in [-0.2, -0.15) is 5.10 Å². The van der Waals surface area contributed by atoms with E-state index in [4.69, 9.17) is 0 Å². The molecule has 0 unspecified atom stereocenters. The summed E-state index contributed by atoms with van der Waals surface area (Å²) < 4.78 is 1.97. The summed E-state index contributed by atoms with van der Waals surface area (Å²) in [6.07, 6.45) is 1.74. The third-order valence-corrected chi connectivity index (χ3v) is 4.71. The second kappa shape index (κ2) is 5.90. The molecule has 0 saturated heterocycles. The Bertz CT molecular complexity index is 768. The van der Waals surface area contributed by atoms with Crippen molar-refractivity contribution in [1.82, 2.24) is 20.1 Å². The van der Waals surface area contributed by atoms with E-state index in [1.807, 2.05) is 22.9 Å². The molecule has 0 spiro atoms. The Kier molecular flexibility index (Phi) is 3.72. The number of nitrogens with zero attached hydrogens (tertiary/aromatic N) is 4. The zero-order chi connectivity index (χ0) is 16.7. The van der Waals surface area contributed by atoms with Gasteiger partial charge in [0.1, 0.15) is 17.6 Å². The van der Waals surface area contributed by atoms with Gasteiger partial charge in [0.25, 0.3) is 5.91 Å².